The largest absolute Gasteiger partial charge is 0.481 e. The van der Waals surface area contributed by atoms with Crippen LogP contribution in [0.2, 0.25) is 0 Å². The van der Waals surface area contributed by atoms with Gasteiger partial charge in [-0.2, -0.15) is 13.2 Å². The number of aromatic nitrogens is 1. The van der Waals surface area contributed by atoms with Crippen LogP contribution < -0.4 is 10.1 Å². The normalized spacial score (nSPS) is 14.1. The molecule has 1 aliphatic rings. The van der Waals surface area contributed by atoms with Gasteiger partial charge in [0.05, 0.1) is 18.4 Å². The monoisotopic (exact) mass is 406 g/mol. The molecule has 29 heavy (non-hydrogen) atoms. The molecule has 2 aromatic rings. The van der Waals surface area contributed by atoms with Gasteiger partial charge < -0.3 is 15.2 Å². The number of rotatable bonds is 5. The van der Waals surface area contributed by atoms with E-state index in [0.717, 1.165) is 12.1 Å². The van der Waals surface area contributed by atoms with E-state index >= 15 is 0 Å². The molecule has 1 aliphatic carbocycles. The zero-order valence-electron chi connectivity index (χ0n) is 15.3. The van der Waals surface area contributed by atoms with E-state index in [2.05, 4.69) is 10.3 Å². The van der Waals surface area contributed by atoms with Crippen LogP contribution in [0.25, 0.3) is 11.1 Å². The summed E-state index contributed by atoms with van der Waals surface area (Å²) in [5, 5.41) is 11.4. The van der Waals surface area contributed by atoms with E-state index in [-0.39, 0.29) is 29.6 Å². The molecule has 0 saturated carbocycles. The molecule has 3 rings (SSSR count). The van der Waals surface area contributed by atoms with Crippen LogP contribution in [-0.2, 0) is 15.8 Å². The van der Waals surface area contributed by atoms with E-state index in [1.807, 2.05) is 0 Å². The zero-order chi connectivity index (χ0) is 21.2. The Balaban J connectivity index is 1.95. The van der Waals surface area contributed by atoms with E-state index in [9.17, 15) is 22.8 Å². The molecule has 0 spiro atoms. The van der Waals surface area contributed by atoms with Crippen molar-refractivity contribution >= 4 is 17.6 Å². The topological polar surface area (TPSA) is 88.5 Å². The van der Waals surface area contributed by atoms with Crippen LogP contribution in [0.15, 0.2) is 47.7 Å². The van der Waals surface area contributed by atoms with Gasteiger partial charge in [-0.25, -0.2) is 9.78 Å². The van der Waals surface area contributed by atoms with Gasteiger partial charge in [-0.15, -0.1) is 0 Å². The highest BCUT2D eigenvalue weighted by atomic mass is 19.4. The fourth-order valence-corrected chi connectivity index (χ4v) is 3.17. The first-order valence-corrected chi connectivity index (χ1v) is 8.69. The summed E-state index contributed by atoms with van der Waals surface area (Å²) in [6.07, 6.45) is -2.44. The molecule has 9 heteroatoms. The van der Waals surface area contributed by atoms with Crippen molar-refractivity contribution < 1.29 is 32.6 Å². The molecule has 0 unspecified atom stereocenters. The maximum Gasteiger partial charge on any atom is 0.418 e. The number of carbonyl (C=O) groups is 2. The number of methoxy groups -OCH3 is 1. The number of carboxylic acid groups (broad SMARTS) is 1. The second-order valence-electron chi connectivity index (χ2n) is 6.42. The average molecular weight is 406 g/mol. The molecule has 6 nitrogen and oxygen atoms in total. The molecule has 152 valence electrons. The third-order valence-electron chi connectivity index (χ3n) is 4.60. The molecule has 0 atom stereocenters. The minimum absolute atomic E-state index is 0.00838. The first-order chi connectivity index (χ1) is 13.7. The van der Waals surface area contributed by atoms with Crippen molar-refractivity contribution in [1.29, 1.82) is 0 Å². The lowest BCUT2D eigenvalue weighted by Crippen LogP contribution is -2.19. The SMILES string of the molecule is COc1ccc(-c2ccc(NC(=O)C3=C(C(=O)O)CCC3)c(C(F)(F)F)c2)cn1. The summed E-state index contributed by atoms with van der Waals surface area (Å²) < 4.78 is 45.7. The number of anilines is 1. The predicted octanol–water partition coefficient (Wildman–Crippen LogP) is 4.28. The van der Waals surface area contributed by atoms with Crippen molar-refractivity contribution in [2.75, 3.05) is 12.4 Å². The number of nitrogens with one attached hydrogen (secondary N) is 1. The van der Waals surface area contributed by atoms with Gasteiger partial charge in [0.1, 0.15) is 0 Å². The molecule has 1 heterocycles. The third kappa shape index (κ3) is 4.39. The highest BCUT2D eigenvalue weighted by Crippen LogP contribution is 2.38. The predicted molar refractivity (Wildman–Crippen MR) is 98.4 cm³/mol. The summed E-state index contributed by atoms with van der Waals surface area (Å²) in [5.74, 6) is -1.73. The molecule has 1 amide bonds. The number of nitrogens with zero attached hydrogens (tertiary/aromatic N) is 1. The third-order valence-corrected chi connectivity index (χ3v) is 4.60. The Labute approximate surface area is 164 Å². The number of carboxylic acids is 1. The van der Waals surface area contributed by atoms with Crippen LogP contribution in [-0.4, -0.2) is 29.1 Å². The Morgan fingerprint density at radius 1 is 1.10 bits per heavy atom. The van der Waals surface area contributed by atoms with Gasteiger partial charge in [-0.3, -0.25) is 4.79 Å². The Hall–Kier alpha value is -3.36. The molecule has 0 fully saturated rings. The van der Waals surface area contributed by atoms with Crippen molar-refractivity contribution in [2.24, 2.45) is 0 Å². The summed E-state index contributed by atoms with van der Waals surface area (Å²) in [6, 6.07) is 6.59. The van der Waals surface area contributed by atoms with Crippen LogP contribution in [0.4, 0.5) is 18.9 Å². The lowest BCUT2D eigenvalue weighted by Gasteiger charge is -2.16. The molecule has 0 bridgehead atoms. The average Bonchev–Trinajstić information content (AvgIpc) is 3.18. The van der Waals surface area contributed by atoms with Crippen molar-refractivity contribution in [2.45, 2.75) is 25.4 Å². The van der Waals surface area contributed by atoms with Crippen LogP contribution in [0, 0.1) is 0 Å². The molecule has 2 N–H and O–H groups in total. The highest BCUT2D eigenvalue weighted by Gasteiger charge is 2.35. The van der Waals surface area contributed by atoms with E-state index in [1.165, 1.54) is 25.4 Å². The van der Waals surface area contributed by atoms with Gasteiger partial charge in [0.2, 0.25) is 5.88 Å². The second kappa shape index (κ2) is 7.94. The van der Waals surface area contributed by atoms with Gasteiger partial charge in [-0.05, 0) is 43.0 Å². The summed E-state index contributed by atoms with van der Waals surface area (Å²) >= 11 is 0. The van der Waals surface area contributed by atoms with Crippen LogP contribution >= 0.6 is 0 Å². The number of carbonyl (C=O) groups excluding carboxylic acids is 1. The van der Waals surface area contributed by atoms with Gasteiger partial charge in [0, 0.05) is 29.0 Å². The van der Waals surface area contributed by atoms with Gasteiger partial charge >= 0.3 is 12.1 Å². The molecule has 1 aromatic heterocycles. The molecular weight excluding hydrogens is 389 g/mol. The van der Waals surface area contributed by atoms with E-state index in [1.54, 1.807) is 6.07 Å². The van der Waals surface area contributed by atoms with Gasteiger partial charge in [0.15, 0.2) is 0 Å². The summed E-state index contributed by atoms with van der Waals surface area (Å²) in [4.78, 5) is 27.6. The smallest absolute Gasteiger partial charge is 0.418 e. The molecule has 0 radical (unpaired) electrons. The van der Waals surface area contributed by atoms with Gasteiger partial charge in [0.25, 0.3) is 5.91 Å². The second-order valence-corrected chi connectivity index (χ2v) is 6.42. The van der Waals surface area contributed by atoms with Gasteiger partial charge in [-0.1, -0.05) is 6.07 Å². The molecular formula is C20H17F3N2O4. The molecule has 0 aliphatic heterocycles. The number of aliphatic carboxylic acids is 1. The van der Waals surface area contributed by atoms with E-state index in [4.69, 9.17) is 9.84 Å². The van der Waals surface area contributed by atoms with Crippen molar-refractivity contribution in [3.8, 4) is 17.0 Å². The fourth-order valence-electron chi connectivity index (χ4n) is 3.17. The van der Waals surface area contributed by atoms with Crippen LogP contribution in [0.3, 0.4) is 0 Å². The summed E-state index contributed by atoms with van der Waals surface area (Å²) in [7, 11) is 1.43. The molecule has 0 saturated heterocycles. The maximum absolute atomic E-state index is 13.6. The van der Waals surface area contributed by atoms with Crippen molar-refractivity contribution in [3.63, 3.8) is 0 Å². The first-order valence-electron chi connectivity index (χ1n) is 8.69. The number of ether oxygens (including phenoxy) is 1. The lowest BCUT2D eigenvalue weighted by atomic mass is 10.0. The number of hydrogen-bond acceptors (Lipinski definition) is 4. The quantitative estimate of drug-likeness (QED) is 0.774. The Morgan fingerprint density at radius 2 is 1.79 bits per heavy atom. The number of hydrogen-bond donors (Lipinski definition) is 2. The Bertz CT molecular complexity index is 982. The number of halogens is 3. The maximum atomic E-state index is 13.6. The highest BCUT2D eigenvalue weighted by molar-refractivity contribution is 6.09. The summed E-state index contributed by atoms with van der Waals surface area (Å²) in [5.41, 5.74) is -0.810. The Kier molecular flexibility index (Phi) is 5.58. The van der Waals surface area contributed by atoms with Crippen LogP contribution in [0.5, 0.6) is 5.88 Å². The number of benzene rings is 1. The summed E-state index contributed by atoms with van der Waals surface area (Å²) in [6.45, 7) is 0. The minimum atomic E-state index is -4.72. The number of alkyl halides is 3. The van der Waals surface area contributed by atoms with E-state index in [0.29, 0.717) is 17.9 Å². The minimum Gasteiger partial charge on any atom is -0.481 e. The lowest BCUT2D eigenvalue weighted by molar-refractivity contribution is -0.137. The first kappa shape index (κ1) is 20.4. The fraction of sp³-hybridized carbons (Fsp3) is 0.250. The van der Waals surface area contributed by atoms with Crippen molar-refractivity contribution in [1.82, 2.24) is 4.98 Å². The van der Waals surface area contributed by atoms with Crippen molar-refractivity contribution in [3.05, 3.63) is 53.2 Å². The zero-order valence-corrected chi connectivity index (χ0v) is 15.3. The Morgan fingerprint density at radius 3 is 2.38 bits per heavy atom. The van der Waals surface area contributed by atoms with E-state index < -0.39 is 29.3 Å². The standard InChI is InChI=1S/C20H17F3N2O4/c1-29-17-8-6-12(10-24-17)11-5-7-16(15(9-11)20(21,22)23)25-18(26)13-3-2-4-14(13)19(27)28/h5-10H,2-4H2,1H3,(H,25,26)(H,27,28). The number of amides is 1. The number of pyridine rings is 1. The molecule has 1 aromatic carbocycles. The van der Waals surface area contributed by atoms with Crippen LogP contribution in [0.1, 0.15) is 24.8 Å².